The van der Waals surface area contributed by atoms with Gasteiger partial charge in [-0.05, 0) is 12.5 Å². The number of nitrogens with one attached hydrogen (secondary N) is 1. The van der Waals surface area contributed by atoms with Gasteiger partial charge in [0.05, 0.1) is 23.8 Å². The van der Waals surface area contributed by atoms with Gasteiger partial charge in [0.25, 0.3) is 0 Å². The molecule has 1 rings (SSSR count). The van der Waals surface area contributed by atoms with Gasteiger partial charge in [-0.15, -0.1) is 0 Å². The molecule has 8 heteroatoms. The summed E-state index contributed by atoms with van der Waals surface area (Å²) < 4.78 is 26.4. The molecule has 18 heavy (non-hydrogen) atoms. The van der Waals surface area contributed by atoms with Crippen molar-refractivity contribution in [1.82, 2.24) is 9.71 Å². The maximum atomic E-state index is 12.1. The number of rotatable bonds is 6. The first-order chi connectivity index (χ1) is 8.40. The lowest BCUT2D eigenvalue weighted by molar-refractivity contribution is 0.105. The van der Waals surface area contributed by atoms with Gasteiger partial charge in [-0.2, -0.15) is 0 Å². The molecule has 0 saturated carbocycles. The fourth-order valence-corrected chi connectivity index (χ4v) is 3.20. The predicted octanol–water partition coefficient (Wildman–Crippen LogP) is 0.147. The third-order valence-electron chi connectivity index (χ3n) is 2.66. The quantitative estimate of drug-likeness (QED) is 0.693. The molecule has 6 nitrogen and oxygen atoms in total. The van der Waals surface area contributed by atoms with Crippen LogP contribution in [0.4, 0.5) is 0 Å². The van der Waals surface area contributed by atoms with E-state index in [-0.39, 0.29) is 16.3 Å². The van der Waals surface area contributed by atoms with E-state index < -0.39 is 28.8 Å². The van der Waals surface area contributed by atoms with Crippen LogP contribution in [-0.4, -0.2) is 42.4 Å². The summed E-state index contributed by atoms with van der Waals surface area (Å²) in [7, 11) is -3.95. The number of nitrogens with zero attached hydrogens (tertiary/aromatic N) is 1. The maximum Gasteiger partial charge on any atom is 0.244 e. The summed E-state index contributed by atoms with van der Waals surface area (Å²) in [5, 5.41) is 18.5. The third-order valence-corrected chi connectivity index (χ3v) is 4.70. The molecule has 0 aliphatic rings. The molecule has 0 fully saturated rings. The van der Waals surface area contributed by atoms with E-state index in [4.69, 9.17) is 11.6 Å². The summed E-state index contributed by atoms with van der Waals surface area (Å²) in [6, 6.07) is 1.35. The number of hydrogen-bond acceptors (Lipinski definition) is 5. The summed E-state index contributed by atoms with van der Waals surface area (Å²) in [6.07, 6.45) is 2.71. The number of sulfonamides is 1. The second-order valence-corrected chi connectivity index (χ2v) is 5.92. The van der Waals surface area contributed by atoms with Gasteiger partial charge in [-0.1, -0.05) is 18.5 Å². The van der Waals surface area contributed by atoms with Gasteiger partial charge in [-0.3, -0.25) is 4.98 Å². The second-order valence-electron chi connectivity index (χ2n) is 3.86. The molecule has 0 aliphatic heterocycles. The number of hydrogen-bond donors (Lipinski definition) is 3. The molecule has 1 aromatic rings. The largest absolute Gasteiger partial charge is 0.394 e. The minimum atomic E-state index is -3.95. The highest BCUT2D eigenvalue weighted by atomic mass is 35.5. The maximum absolute atomic E-state index is 12.1. The van der Waals surface area contributed by atoms with Crippen LogP contribution in [-0.2, 0) is 10.0 Å². The smallest absolute Gasteiger partial charge is 0.244 e. The molecule has 0 saturated heterocycles. The Morgan fingerprint density at radius 2 is 2.06 bits per heavy atom. The fourth-order valence-electron chi connectivity index (χ4n) is 1.31. The van der Waals surface area contributed by atoms with Gasteiger partial charge in [0.15, 0.2) is 0 Å². The summed E-state index contributed by atoms with van der Waals surface area (Å²) in [6.45, 7) is 0.619. The van der Waals surface area contributed by atoms with Crippen molar-refractivity contribution in [3.63, 3.8) is 0 Å². The van der Waals surface area contributed by atoms with Gasteiger partial charge in [0.2, 0.25) is 10.0 Å². The standard InChI is InChI=1S/C10H15ClN2O4S/c1-2-10(6-14,7-15)13-18(16,17)9-5-12-4-3-8(9)11/h3-5,13-15H,2,6-7H2,1H3. The molecular formula is C10H15ClN2O4S. The highest BCUT2D eigenvalue weighted by molar-refractivity contribution is 7.89. The molecule has 1 heterocycles. The van der Waals surface area contributed by atoms with Crippen LogP contribution in [0, 0.1) is 0 Å². The third kappa shape index (κ3) is 3.18. The molecule has 102 valence electrons. The molecule has 0 spiro atoms. The van der Waals surface area contributed by atoms with Gasteiger partial charge in [0.1, 0.15) is 4.90 Å². The Kier molecular flexibility index (Phi) is 5.06. The van der Waals surface area contributed by atoms with Crippen LogP contribution >= 0.6 is 11.6 Å². The van der Waals surface area contributed by atoms with Gasteiger partial charge < -0.3 is 10.2 Å². The highest BCUT2D eigenvalue weighted by Gasteiger charge is 2.33. The molecule has 0 amide bonds. The molecule has 0 aromatic carbocycles. The van der Waals surface area contributed by atoms with Crippen LogP contribution in [0.2, 0.25) is 5.02 Å². The molecule has 1 aromatic heterocycles. The number of pyridine rings is 1. The van der Waals surface area contributed by atoms with E-state index >= 15 is 0 Å². The second kappa shape index (κ2) is 5.94. The fraction of sp³-hybridized carbons (Fsp3) is 0.500. The Balaban J connectivity index is 3.13. The Morgan fingerprint density at radius 3 is 2.50 bits per heavy atom. The molecule has 3 N–H and O–H groups in total. The van der Waals surface area contributed by atoms with Crippen molar-refractivity contribution in [3.05, 3.63) is 23.5 Å². The number of aromatic nitrogens is 1. The molecule has 0 bridgehead atoms. The zero-order chi connectivity index (χ0) is 13.8. The zero-order valence-corrected chi connectivity index (χ0v) is 11.4. The van der Waals surface area contributed by atoms with E-state index in [0.29, 0.717) is 0 Å². The lowest BCUT2D eigenvalue weighted by Crippen LogP contribution is -2.53. The van der Waals surface area contributed by atoms with E-state index in [1.807, 2.05) is 0 Å². The van der Waals surface area contributed by atoms with E-state index in [1.165, 1.54) is 12.3 Å². The van der Waals surface area contributed by atoms with Crippen LogP contribution in [0.3, 0.4) is 0 Å². The first-order valence-electron chi connectivity index (χ1n) is 5.26. The number of halogens is 1. The van der Waals surface area contributed by atoms with Gasteiger partial charge in [0, 0.05) is 12.4 Å². The van der Waals surface area contributed by atoms with E-state index in [2.05, 4.69) is 9.71 Å². The number of aliphatic hydroxyl groups excluding tert-OH is 2. The average Bonchev–Trinajstić information content (AvgIpc) is 2.36. The Bertz CT molecular complexity index is 494. The summed E-state index contributed by atoms with van der Waals surface area (Å²) >= 11 is 5.78. The summed E-state index contributed by atoms with van der Waals surface area (Å²) in [5.41, 5.74) is -1.31. The van der Waals surface area contributed by atoms with E-state index in [1.54, 1.807) is 6.92 Å². The van der Waals surface area contributed by atoms with Crippen LogP contribution in [0.25, 0.3) is 0 Å². The molecule has 0 radical (unpaired) electrons. The molecule has 0 atom stereocenters. The van der Waals surface area contributed by atoms with Crippen molar-refractivity contribution in [2.75, 3.05) is 13.2 Å². The van der Waals surface area contributed by atoms with Crippen molar-refractivity contribution >= 4 is 21.6 Å². The van der Waals surface area contributed by atoms with Crippen LogP contribution in [0.1, 0.15) is 13.3 Å². The molecule has 0 unspecified atom stereocenters. The zero-order valence-electron chi connectivity index (χ0n) is 9.80. The highest BCUT2D eigenvalue weighted by Crippen LogP contribution is 2.21. The molecule has 0 aliphatic carbocycles. The van der Waals surface area contributed by atoms with Crippen LogP contribution < -0.4 is 4.72 Å². The Morgan fingerprint density at radius 1 is 1.44 bits per heavy atom. The Hall–Kier alpha value is -0.730. The first-order valence-corrected chi connectivity index (χ1v) is 7.12. The van der Waals surface area contributed by atoms with Crippen molar-refractivity contribution in [3.8, 4) is 0 Å². The van der Waals surface area contributed by atoms with Gasteiger partial charge >= 0.3 is 0 Å². The van der Waals surface area contributed by atoms with E-state index in [9.17, 15) is 18.6 Å². The average molecular weight is 295 g/mol. The minimum absolute atomic E-state index is 0.0263. The van der Waals surface area contributed by atoms with Crippen LogP contribution in [0.15, 0.2) is 23.4 Å². The predicted molar refractivity (Wildman–Crippen MR) is 66.8 cm³/mol. The lowest BCUT2D eigenvalue weighted by Gasteiger charge is -2.29. The summed E-state index contributed by atoms with van der Waals surface area (Å²) in [4.78, 5) is 3.50. The van der Waals surface area contributed by atoms with E-state index in [0.717, 1.165) is 6.20 Å². The van der Waals surface area contributed by atoms with Crippen LogP contribution in [0.5, 0.6) is 0 Å². The van der Waals surface area contributed by atoms with Crippen molar-refractivity contribution in [1.29, 1.82) is 0 Å². The number of aliphatic hydroxyl groups is 2. The topological polar surface area (TPSA) is 99.5 Å². The lowest BCUT2D eigenvalue weighted by atomic mass is 10.0. The Labute approximate surface area is 111 Å². The SMILES string of the molecule is CCC(CO)(CO)NS(=O)(=O)c1cnccc1Cl. The van der Waals surface area contributed by atoms with Crippen molar-refractivity contribution < 1.29 is 18.6 Å². The first kappa shape index (κ1) is 15.3. The van der Waals surface area contributed by atoms with Crippen molar-refractivity contribution in [2.45, 2.75) is 23.8 Å². The minimum Gasteiger partial charge on any atom is -0.394 e. The van der Waals surface area contributed by atoms with Gasteiger partial charge in [-0.25, -0.2) is 13.1 Å². The summed E-state index contributed by atoms with van der Waals surface area (Å²) in [5.74, 6) is 0. The van der Waals surface area contributed by atoms with Crippen molar-refractivity contribution in [2.24, 2.45) is 0 Å². The normalized spacial score (nSPS) is 12.7. The molecular weight excluding hydrogens is 280 g/mol. The monoisotopic (exact) mass is 294 g/mol.